The predicted octanol–water partition coefficient (Wildman–Crippen LogP) is 5.01. The largest absolute Gasteiger partial charge is 0.207 e. The Morgan fingerprint density at radius 3 is 2.71 bits per heavy atom. The van der Waals surface area contributed by atoms with Crippen molar-refractivity contribution in [2.75, 3.05) is 0 Å². The molecule has 2 aromatic rings. The quantitative estimate of drug-likeness (QED) is 0.744. The SMILES string of the molecule is Cc1ccc(CCC2CCc3ccc(F)cc3C2)c(F)c1. The van der Waals surface area contributed by atoms with Crippen molar-refractivity contribution >= 4 is 0 Å². The van der Waals surface area contributed by atoms with Crippen LogP contribution in [-0.2, 0) is 19.3 Å². The second kappa shape index (κ2) is 5.97. The second-order valence-corrected chi connectivity index (χ2v) is 6.16. The molecule has 110 valence electrons. The lowest BCUT2D eigenvalue weighted by molar-refractivity contribution is 0.422. The van der Waals surface area contributed by atoms with E-state index >= 15 is 0 Å². The summed E-state index contributed by atoms with van der Waals surface area (Å²) in [5.74, 6) is 0.274. The monoisotopic (exact) mass is 286 g/mol. The van der Waals surface area contributed by atoms with Gasteiger partial charge in [-0.3, -0.25) is 0 Å². The zero-order chi connectivity index (χ0) is 14.8. The number of fused-ring (bicyclic) bond motifs is 1. The van der Waals surface area contributed by atoms with Crippen LogP contribution in [0.4, 0.5) is 8.78 Å². The Bertz CT molecular complexity index is 646. The van der Waals surface area contributed by atoms with Gasteiger partial charge in [-0.25, -0.2) is 8.78 Å². The number of hydrogen-bond acceptors (Lipinski definition) is 0. The van der Waals surface area contributed by atoms with Gasteiger partial charge in [-0.2, -0.15) is 0 Å². The van der Waals surface area contributed by atoms with Crippen molar-refractivity contribution in [1.29, 1.82) is 0 Å². The van der Waals surface area contributed by atoms with Gasteiger partial charge in [0.1, 0.15) is 11.6 Å². The van der Waals surface area contributed by atoms with Crippen molar-refractivity contribution in [3.8, 4) is 0 Å². The van der Waals surface area contributed by atoms with Crippen molar-refractivity contribution in [3.63, 3.8) is 0 Å². The van der Waals surface area contributed by atoms with E-state index in [4.69, 9.17) is 0 Å². The first-order chi connectivity index (χ1) is 10.1. The molecule has 1 atom stereocenters. The van der Waals surface area contributed by atoms with E-state index in [-0.39, 0.29) is 11.6 Å². The number of aryl methyl sites for hydroxylation is 3. The fourth-order valence-corrected chi connectivity index (χ4v) is 3.26. The first-order valence-corrected chi connectivity index (χ1v) is 7.64. The highest BCUT2D eigenvalue weighted by atomic mass is 19.1. The third kappa shape index (κ3) is 3.31. The summed E-state index contributed by atoms with van der Waals surface area (Å²) in [6.07, 6.45) is 4.78. The fraction of sp³-hybridized carbons (Fsp3) is 0.368. The molecule has 21 heavy (non-hydrogen) atoms. The summed E-state index contributed by atoms with van der Waals surface area (Å²) in [5.41, 5.74) is 4.16. The van der Waals surface area contributed by atoms with E-state index in [1.165, 1.54) is 5.56 Å². The molecule has 0 saturated carbocycles. The van der Waals surface area contributed by atoms with Gasteiger partial charge < -0.3 is 0 Å². The average molecular weight is 286 g/mol. The van der Waals surface area contributed by atoms with Crippen LogP contribution in [0.3, 0.4) is 0 Å². The van der Waals surface area contributed by atoms with E-state index < -0.39 is 0 Å². The molecule has 3 rings (SSSR count). The highest BCUT2D eigenvalue weighted by Crippen LogP contribution is 2.29. The molecule has 0 nitrogen and oxygen atoms in total. The van der Waals surface area contributed by atoms with Crippen LogP contribution in [0.1, 0.15) is 35.1 Å². The summed E-state index contributed by atoms with van der Waals surface area (Å²) in [5, 5.41) is 0. The number of halogens is 2. The van der Waals surface area contributed by atoms with Crippen LogP contribution in [0.25, 0.3) is 0 Å². The van der Waals surface area contributed by atoms with Crippen molar-refractivity contribution in [1.82, 2.24) is 0 Å². The zero-order valence-corrected chi connectivity index (χ0v) is 12.3. The summed E-state index contributed by atoms with van der Waals surface area (Å²) < 4.78 is 27.2. The van der Waals surface area contributed by atoms with E-state index in [1.807, 2.05) is 25.1 Å². The molecule has 0 radical (unpaired) electrons. The van der Waals surface area contributed by atoms with Crippen molar-refractivity contribution in [2.24, 2.45) is 5.92 Å². The lowest BCUT2D eigenvalue weighted by Gasteiger charge is -2.24. The lowest BCUT2D eigenvalue weighted by atomic mass is 9.81. The van der Waals surface area contributed by atoms with Gasteiger partial charge in [0, 0.05) is 0 Å². The van der Waals surface area contributed by atoms with Crippen molar-refractivity contribution < 1.29 is 8.78 Å². The Balaban J connectivity index is 1.64. The van der Waals surface area contributed by atoms with Gasteiger partial charge in [0.25, 0.3) is 0 Å². The Hall–Kier alpha value is -1.70. The Morgan fingerprint density at radius 1 is 1.05 bits per heavy atom. The molecular formula is C19H20F2. The predicted molar refractivity (Wildman–Crippen MR) is 81.4 cm³/mol. The van der Waals surface area contributed by atoms with E-state index in [9.17, 15) is 8.78 Å². The summed E-state index contributed by atoms with van der Waals surface area (Å²) in [6, 6.07) is 10.6. The van der Waals surface area contributed by atoms with Gasteiger partial charge in [0.15, 0.2) is 0 Å². The minimum atomic E-state index is -0.154. The van der Waals surface area contributed by atoms with Crippen LogP contribution in [0.2, 0.25) is 0 Å². The standard InChI is InChI=1S/C19H20F2/c1-13-2-5-16(19(21)10-13)7-4-14-3-6-15-8-9-18(20)12-17(15)11-14/h2,5,8-10,12,14H,3-4,6-7,11H2,1H3. The third-order valence-electron chi connectivity index (χ3n) is 4.53. The molecule has 0 amide bonds. The van der Waals surface area contributed by atoms with Crippen molar-refractivity contribution in [3.05, 3.63) is 70.3 Å². The van der Waals surface area contributed by atoms with Gasteiger partial charge in [-0.1, -0.05) is 18.2 Å². The second-order valence-electron chi connectivity index (χ2n) is 6.16. The fourth-order valence-electron chi connectivity index (χ4n) is 3.26. The Morgan fingerprint density at radius 2 is 1.90 bits per heavy atom. The maximum atomic E-state index is 13.8. The van der Waals surface area contributed by atoms with Gasteiger partial charge in [-0.05, 0) is 85.4 Å². The molecule has 0 aromatic heterocycles. The molecule has 0 bridgehead atoms. The van der Waals surface area contributed by atoms with E-state index in [2.05, 4.69) is 0 Å². The van der Waals surface area contributed by atoms with Gasteiger partial charge in [-0.15, -0.1) is 0 Å². The average Bonchev–Trinajstić information content (AvgIpc) is 2.46. The van der Waals surface area contributed by atoms with Crippen LogP contribution in [-0.4, -0.2) is 0 Å². The lowest BCUT2D eigenvalue weighted by Crippen LogP contribution is -2.15. The van der Waals surface area contributed by atoms with Gasteiger partial charge >= 0.3 is 0 Å². The highest BCUT2D eigenvalue weighted by Gasteiger charge is 2.19. The number of hydrogen-bond donors (Lipinski definition) is 0. The number of rotatable bonds is 3. The molecule has 1 unspecified atom stereocenters. The molecule has 2 aromatic carbocycles. The van der Waals surface area contributed by atoms with Crippen LogP contribution in [0.5, 0.6) is 0 Å². The molecule has 0 aliphatic heterocycles. The van der Waals surface area contributed by atoms with E-state index in [1.54, 1.807) is 18.2 Å². The van der Waals surface area contributed by atoms with Crippen molar-refractivity contribution in [2.45, 2.75) is 39.0 Å². The zero-order valence-electron chi connectivity index (χ0n) is 12.3. The van der Waals surface area contributed by atoms with Crippen LogP contribution >= 0.6 is 0 Å². The van der Waals surface area contributed by atoms with Crippen LogP contribution in [0.15, 0.2) is 36.4 Å². The molecule has 1 aliphatic carbocycles. The maximum absolute atomic E-state index is 13.8. The minimum Gasteiger partial charge on any atom is -0.207 e. The molecule has 0 N–H and O–H groups in total. The van der Waals surface area contributed by atoms with Gasteiger partial charge in [0.2, 0.25) is 0 Å². The highest BCUT2D eigenvalue weighted by molar-refractivity contribution is 5.30. The van der Waals surface area contributed by atoms with Crippen LogP contribution < -0.4 is 0 Å². The first-order valence-electron chi connectivity index (χ1n) is 7.64. The summed E-state index contributed by atoms with van der Waals surface area (Å²) in [4.78, 5) is 0. The molecule has 0 heterocycles. The summed E-state index contributed by atoms with van der Waals surface area (Å²) in [7, 11) is 0. The Labute approximate surface area is 124 Å². The first kappa shape index (κ1) is 14.2. The smallest absolute Gasteiger partial charge is 0.126 e. The molecule has 0 saturated heterocycles. The van der Waals surface area contributed by atoms with E-state index in [0.717, 1.165) is 48.8 Å². The molecule has 0 fully saturated rings. The Kier molecular flexibility index (Phi) is 4.05. The summed E-state index contributed by atoms with van der Waals surface area (Å²) in [6.45, 7) is 1.90. The number of benzene rings is 2. The van der Waals surface area contributed by atoms with Crippen LogP contribution in [0, 0.1) is 24.5 Å². The van der Waals surface area contributed by atoms with Gasteiger partial charge in [0.05, 0.1) is 0 Å². The van der Waals surface area contributed by atoms with E-state index in [0.29, 0.717) is 5.92 Å². The molecular weight excluding hydrogens is 266 g/mol. The minimum absolute atomic E-state index is 0.0998. The summed E-state index contributed by atoms with van der Waals surface area (Å²) >= 11 is 0. The molecule has 2 heteroatoms. The maximum Gasteiger partial charge on any atom is 0.126 e. The molecule has 1 aliphatic rings. The topological polar surface area (TPSA) is 0 Å². The molecule has 0 spiro atoms. The third-order valence-corrected chi connectivity index (χ3v) is 4.53. The normalized spacial score (nSPS) is 17.6.